The van der Waals surface area contributed by atoms with Crippen LogP contribution in [0.3, 0.4) is 0 Å². The Hall–Kier alpha value is -3.59. The van der Waals surface area contributed by atoms with E-state index >= 15 is 0 Å². The van der Waals surface area contributed by atoms with Gasteiger partial charge in [0.2, 0.25) is 0 Å². The minimum absolute atomic E-state index is 0.0258. The SMILES string of the molecule is Cc1ccnc(NC(=S)NC(=O)c2ccc(-c3cccc([N+](=O)[O-])c3)o2)c1. The van der Waals surface area contributed by atoms with Crippen LogP contribution < -0.4 is 10.6 Å². The molecule has 0 spiro atoms. The Bertz CT molecular complexity index is 1030. The molecule has 0 aliphatic carbocycles. The van der Waals surface area contributed by atoms with E-state index in [4.69, 9.17) is 16.6 Å². The first-order valence-electron chi connectivity index (χ1n) is 7.82. The molecule has 0 bridgehead atoms. The number of nitrogens with zero attached hydrogens (tertiary/aromatic N) is 2. The number of thiocarbonyl (C=S) groups is 1. The van der Waals surface area contributed by atoms with Gasteiger partial charge in [-0.05, 0) is 49.0 Å². The fourth-order valence-corrected chi connectivity index (χ4v) is 2.50. The lowest BCUT2D eigenvalue weighted by Gasteiger charge is -2.08. The van der Waals surface area contributed by atoms with Crippen LogP contribution in [-0.4, -0.2) is 20.9 Å². The number of anilines is 1. The number of nitro groups is 1. The number of carbonyl (C=O) groups excluding carboxylic acids is 1. The van der Waals surface area contributed by atoms with Crippen LogP contribution >= 0.6 is 12.2 Å². The number of nitro benzene ring substituents is 1. The van der Waals surface area contributed by atoms with Crippen LogP contribution in [0, 0.1) is 17.0 Å². The van der Waals surface area contributed by atoms with Crippen LogP contribution in [0.25, 0.3) is 11.3 Å². The van der Waals surface area contributed by atoms with E-state index in [1.54, 1.807) is 30.5 Å². The maximum atomic E-state index is 12.3. The molecule has 27 heavy (non-hydrogen) atoms. The number of pyridine rings is 1. The number of amides is 1. The summed E-state index contributed by atoms with van der Waals surface area (Å²) in [4.78, 5) is 26.7. The van der Waals surface area contributed by atoms with E-state index in [0.29, 0.717) is 17.1 Å². The molecule has 9 heteroatoms. The number of hydrogen-bond donors (Lipinski definition) is 2. The molecule has 0 saturated carbocycles. The Morgan fingerprint density at radius 2 is 2.04 bits per heavy atom. The molecule has 0 fully saturated rings. The van der Waals surface area contributed by atoms with Crippen molar-refractivity contribution in [2.45, 2.75) is 6.92 Å². The van der Waals surface area contributed by atoms with Gasteiger partial charge in [0.25, 0.3) is 11.6 Å². The number of aromatic nitrogens is 1. The van der Waals surface area contributed by atoms with Crippen LogP contribution in [0.4, 0.5) is 11.5 Å². The van der Waals surface area contributed by atoms with Crippen LogP contribution in [0.1, 0.15) is 16.1 Å². The second-order valence-electron chi connectivity index (χ2n) is 5.60. The molecule has 0 atom stereocenters. The number of non-ortho nitro benzene ring substituents is 1. The molecule has 3 rings (SSSR count). The second kappa shape index (κ2) is 7.75. The lowest BCUT2D eigenvalue weighted by atomic mass is 10.1. The largest absolute Gasteiger partial charge is 0.451 e. The molecular weight excluding hydrogens is 368 g/mol. The summed E-state index contributed by atoms with van der Waals surface area (Å²) in [5, 5.41) is 16.3. The van der Waals surface area contributed by atoms with Crippen molar-refractivity contribution < 1.29 is 14.1 Å². The van der Waals surface area contributed by atoms with Gasteiger partial charge < -0.3 is 9.73 Å². The van der Waals surface area contributed by atoms with Gasteiger partial charge in [0.05, 0.1) is 4.92 Å². The lowest BCUT2D eigenvalue weighted by molar-refractivity contribution is -0.384. The normalized spacial score (nSPS) is 10.3. The van der Waals surface area contributed by atoms with E-state index in [1.165, 1.54) is 18.2 Å². The van der Waals surface area contributed by atoms with E-state index in [1.807, 2.05) is 13.0 Å². The third-order valence-electron chi connectivity index (χ3n) is 3.56. The molecule has 0 saturated heterocycles. The van der Waals surface area contributed by atoms with Gasteiger partial charge in [0, 0.05) is 23.9 Å². The Labute approximate surface area is 159 Å². The maximum absolute atomic E-state index is 12.3. The summed E-state index contributed by atoms with van der Waals surface area (Å²) in [6, 6.07) is 12.6. The van der Waals surface area contributed by atoms with Crippen molar-refractivity contribution in [2.24, 2.45) is 0 Å². The average molecular weight is 382 g/mol. The third kappa shape index (κ3) is 4.53. The molecule has 2 aromatic heterocycles. The van der Waals surface area contributed by atoms with Gasteiger partial charge in [0.15, 0.2) is 10.9 Å². The number of nitrogens with one attached hydrogen (secondary N) is 2. The van der Waals surface area contributed by atoms with Crippen LogP contribution in [0.15, 0.2) is 59.1 Å². The third-order valence-corrected chi connectivity index (χ3v) is 3.76. The Balaban J connectivity index is 1.69. The summed E-state index contributed by atoms with van der Waals surface area (Å²) in [6.07, 6.45) is 1.62. The quantitative estimate of drug-likeness (QED) is 0.402. The Morgan fingerprint density at radius 1 is 1.22 bits per heavy atom. The average Bonchev–Trinajstić information content (AvgIpc) is 3.12. The Kier molecular flexibility index (Phi) is 5.23. The fraction of sp³-hybridized carbons (Fsp3) is 0.0556. The minimum Gasteiger partial charge on any atom is -0.451 e. The molecule has 2 N–H and O–H groups in total. The van der Waals surface area contributed by atoms with Gasteiger partial charge in [-0.2, -0.15) is 0 Å². The summed E-state index contributed by atoms with van der Waals surface area (Å²) in [5.74, 6) is 0.329. The van der Waals surface area contributed by atoms with E-state index in [9.17, 15) is 14.9 Å². The van der Waals surface area contributed by atoms with Gasteiger partial charge in [0.1, 0.15) is 11.6 Å². The van der Waals surface area contributed by atoms with Crippen LogP contribution in [0.5, 0.6) is 0 Å². The topological polar surface area (TPSA) is 110 Å². The van der Waals surface area contributed by atoms with Crippen molar-refractivity contribution in [3.05, 3.63) is 76.2 Å². The maximum Gasteiger partial charge on any atom is 0.293 e. The van der Waals surface area contributed by atoms with Crippen molar-refractivity contribution >= 4 is 34.7 Å². The molecule has 8 nitrogen and oxygen atoms in total. The number of carbonyl (C=O) groups is 1. The molecule has 1 aromatic carbocycles. The highest BCUT2D eigenvalue weighted by atomic mass is 32.1. The van der Waals surface area contributed by atoms with E-state index in [2.05, 4.69) is 15.6 Å². The summed E-state index contributed by atoms with van der Waals surface area (Å²) >= 11 is 5.10. The number of hydrogen-bond acceptors (Lipinski definition) is 6. The van der Waals surface area contributed by atoms with Crippen molar-refractivity contribution in [2.75, 3.05) is 5.32 Å². The zero-order valence-corrected chi connectivity index (χ0v) is 14.9. The number of aryl methyl sites for hydroxylation is 1. The summed E-state index contributed by atoms with van der Waals surface area (Å²) < 4.78 is 5.50. The lowest BCUT2D eigenvalue weighted by Crippen LogP contribution is -2.34. The van der Waals surface area contributed by atoms with Gasteiger partial charge in [-0.1, -0.05) is 12.1 Å². The highest BCUT2D eigenvalue weighted by Crippen LogP contribution is 2.25. The number of benzene rings is 1. The highest BCUT2D eigenvalue weighted by molar-refractivity contribution is 7.80. The van der Waals surface area contributed by atoms with Gasteiger partial charge in [-0.15, -0.1) is 0 Å². The predicted molar refractivity (Wildman–Crippen MR) is 103 cm³/mol. The molecule has 0 radical (unpaired) electrons. The number of rotatable bonds is 4. The van der Waals surface area contributed by atoms with Crippen molar-refractivity contribution in [1.82, 2.24) is 10.3 Å². The standard InChI is InChI=1S/C18H14N4O4S/c1-11-7-8-19-16(9-11)20-18(27)21-17(23)15-6-5-14(26-15)12-3-2-4-13(10-12)22(24)25/h2-10H,1H3,(H2,19,20,21,23,27). The van der Waals surface area contributed by atoms with Gasteiger partial charge >= 0.3 is 0 Å². The first kappa shape index (κ1) is 18.2. The summed E-state index contributed by atoms with van der Waals surface area (Å²) in [7, 11) is 0. The highest BCUT2D eigenvalue weighted by Gasteiger charge is 2.15. The first-order chi connectivity index (χ1) is 12.9. The second-order valence-corrected chi connectivity index (χ2v) is 6.01. The van der Waals surface area contributed by atoms with Crippen LogP contribution in [-0.2, 0) is 0 Å². The predicted octanol–water partition coefficient (Wildman–Crippen LogP) is 3.69. The zero-order valence-electron chi connectivity index (χ0n) is 14.1. The van der Waals surface area contributed by atoms with E-state index in [0.717, 1.165) is 5.56 Å². The first-order valence-corrected chi connectivity index (χ1v) is 8.23. The smallest absolute Gasteiger partial charge is 0.293 e. The van der Waals surface area contributed by atoms with Gasteiger partial charge in [-0.25, -0.2) is 4.98 Å². The van der Waals surface area contributed by atoms with Crippen LogP contribution in [0.2, 0.25) is 0 Å². The molecule has 0 unspecified atom stereocenters. The molecule has 3 aromatic rings. The molecule has 136 valence electrons. The Morgan fingerprint density at radius 3 is 2.78 bits per heavy atom. The number of furan rings is 1. The van der Waals surface area contributed by atoms with Gasteiger partial charge in [-0.3, -0.25) is 20.2 Å². The van der Waals surface area contributed by atoms with Crippen molar-refractivity contribution in [3.8, 4) is 11.3 Å². The minimum atomic E-state index is -0.545. The monoisotopic (exact) mass is 382 g/mol. The molecule has 2 heterocycles. The molecule has 1 amide bonds. The van der Waals surface area contributed by atoms with E-state index in [-0.39, 0.29) is 16.6 Å². The molecule has 0 aliphatic rings. The van der Waals surface area contributed by atoms with Crippen molar-refractivity contribution in [1.29, 1.82) is 0 Å². The fourth-order valence-electron chi connectivity index (χ4n) is 2.30. The molecular formula is C18H14N4O4S. The van der Waals surface area contributed by atoms with Crippen molar-refractivity contribution in [3.63, 3.8) is 0 Å². The molecule has 0 aliphatic heterocycles. The van der Waals surface area contributed by atoms with E-state index < -0.39 is 10.8 Å². The zero-order chi connectivity index (χ0) is 19.4. The summed E-state index contributed by atoms with van der Waals surface area (Å²) in [6.45, 7) is 1.91. The summed E-state index contributed by atoms with van der Waals surface area (Å²) in [5.41, 5.74) is 1.42.